The lowest BCUT2D eigenvalue weighted by molar-refractivity contribution is -0.134. The molecule has 0 saturated carbocycles. The summed E-state index contributed by atoms with van der Waals surface area (Å²) in [6.07, 6.45) is 3.01. The first-order chi connectivity index (χ1) is 16.5. The molecule has 178 valence electrons. The highest BCUT2D eigenvalue weighted by Crippen LogP contribution is 2.21. The van der Waals surface area contributed by atoms with Gasteiger partial charge in [-0.05, 0) is 55.7 Å². The van der Waals surface area contributed by atoms with Crippen LogP contribution in [0.5, 0.6) is 0 Å². The van der Waals surface area contributed by atoms with Gasteiger partial charge in [0.2, 0.25) is 17.6 Å². The first-order valence-corrected chi connectivity index (χ1v) is 11.8. The van der Waals surface area contributed by atoms with Gasteiger partial charge in [-0.1, -0.05) is 30.3 Å². The highest BCUT2D eigenvalue weighted by atomic mass is 19.1. The van der Waals surface area contributed by atoms with E-state index in [1.54, 1.807) is 12.1 Å². The van der Waals surface area contributed by atoms with Crippen LogP contribution in [0.4, 0.5) is 4.39 Å². The van der Waals surface area contributed by atoms with Crippen molar-refractivity contribution in [2.45, 2.75) is 45.1 Å². The maximum Gasteiger partial charge on any atom is 0.253 e. The molecule has 0 N–H and O–H groups in total. The number of halogens is 1. The lowest BCUT2D eigenvalue weighted by Gasteiger charge is -2.38. The number of hydrogen-bond acceptors (Lipinski definition) is 5. The number of hydrogen-bond donors (Lipinski definition) is 0. The first kappa shape index (κ1) is 23.6. The summed E-state index contributed by atoms with van der Waals surface area (Å²) < 4.78 is 18.4. The van der Waals surface area contributed by atoms with Crippen LogP contribution < -0.4 is 0 Å². The van der Waals surface area contributed by atoms with E-state index in [1.165, 1.54) is 12.1 Å². The monoisotopic (exact) mass is 464 g/mol. The third kappa shape index (κ3) is 5.68. The van der Waals surface area contributed by atoms with Gasteiger partial charge in [0.15, 0.2) is 0 Å². The van der Waals surface area contributed by atoms with E-state index in [4.69, 9.17) is 4.52 Å². The van der Waals surface area contributed by atoms with Crippen LogP contribution in [-0.4, -0.2) is 57.4 Å². The summed E-state index contributed by atoms with van der Waals surface area (Å²) in [5.74, 6) is 0.525. The van der Waals surface area contributed by atoms with E-state index in [2.05, 4.69) is 17.1 Å². The van der Waals surface area contributed by atoms with Crippen LogP contribution in [0, 0.1) is 5.82 Å². The van der Waals surface area contributed by atoms with Gasteiger partial charge in [-0.25, -0.2) is 4.39 Å². The number of carbonyl (C=O) groups is 2. The number of piperidine rings is 1. The van der Waals surface area contributed by atoms with Gasteiger partial charge < -0.3 is 14.3 Å². The molecule has 1 aromatic heterocycles. The van der Waals surface area contributed by atoms with Gasteiger partial charge in [-0.15, -0.1) is 0 Å². The second-order valence-electron chi connectivity index (χ2n) is 8.50. The number of nitrogens with zero attached hydrogens (tertiary/aromatic N) is 4. The molecular formula is C26H29FN4O3. The molecule has 4 rings (SSSR count). The molecule has 1 aliphatic heterocycles. The highest BCUT2D eigenvalue weighted by Gasteiger charge is 2.29. The molecule has 34 heavy (non-hydrogen) atoms. The molecule has 0 spiro atoms. The van der Waals surface area contributed by atoms with E-state index in [9.17, 15) is 14.0 Å². The Labute approximate surface area is 198 Å². The number of amides is 2. The summed E-state index contributed by atoms with van der Waals surface area (Å²) in [4.78, 5) is 34.0. The maximum atomic E-state index is 13.1. The summed E-state index contributed by atoms with van der Waals surface area (Å²) in [6, 6.07) is 15.3. The summed E-state index contributed by atoms with van der Waals surface area (Å²) in [6.45, 7) is 4.01. The average molecular weight is 465 g/mol. The topological polar surface area (TPSA) is 79.5 Å². The Bertz CT molecular complexity index is 1090. The van der Waals surface area contributed by atoms with Crippen LogP contribution >= 0.6 is 0 Å². The van der Waals surface area contributed by atoms with Gasteiger partial charge in [0, 0.05) is 49.6 Å². The van der Waals surface area contributed by atoms with Gasteiger partial charge in [0.05, 0.1) is 0 Å². The van der Waals surface area contributed by atoms with Crippen molar-refractivity contribution in [3.8, 4) is 11.4 Å². The molecule has 1 aliphatic rings. The van der Waals surface area contributed by atoms with E-state index in [1.807, 2.05) is 40.1 Å². The first-order valence-electron chi connectivity index (χ1n) is 11.8. The minimum Gasteiger partial charge on any atom is -0.340 e. The molecule has 1 saturated heterocycles. The molecule has 0 unspecified atom stereocenters. The number of aryl methyl sites for hydroxylation is 1. The Morgan fingerprint density at radius 1 is 1.09 bits per heavy atom. The Balaban J connectivity index is 1.31. The third-order valence-corrected chi connectivity index (χ3v) is 6.12. The molecule has 0 atom stereocenters. The average Bonchev–Trinajstić information content (AvgIpc) is 3.35. The third-order valence-electron chi connectivity index (χ3n) is 6.12. The SMILES string of the molecule is CCCN(C(=O)CCc1nc(-c2ccc(F)cc2)no1)C1CCN(C(=O)c2ccccc2)CC1. The van der Waals surface area contributed by atoms with Crippen molar-refractivity contribution in [3.05, 3.63) is 71.9 Å². The number of aromatic nitrogens is 2. The van der Waals surface area contributed by atoms with E-state index < -0.39 is 0 Å². The molecule has 0 radical (unpaired) electrons. The van der Waals surface area contributed by atoms with Crippen molar-refractivity contribution in [1.29, 1.82) is 0 Å². The summed E-state index contributed by atoms with van der Waals surface area (Å²) in [5, 5.41) is 3.94. The van der Waals surface area contributed by atoms with Crippen LogP contribution in [0.15, 0.2) is 59.1 Å². The summed E-state index contributed by atoms with van der Waals surface area (Å²) in [7, 11) is 0. The molecule has 2 amide bonds. The molecule has 7 nitrogen and oxygen atoms in total. The molecule has 2 heterocycles. The van der Waals surface area contributed by atoms with Gasteiger partial charge in [-0.3, -0.25) is 9.59 Å². The fraction of sp³-hybridized carbons (Fsp3) is 0.385. The quantitative estimate of drug-likeness (QED) is 0.495. The van der Waals surface area contributed by atoms with Crippen molar-refractivity contribution in [1.82, 2.24) is 19.9 Å². The molecule has 1 fully saturated rings. The van der Waals surface area contributed by atoms with Crippen LogP contribution in [0.1, 0.15) is 48.9 Å². The zero-order valence-corrected chi connectivity index (χ0v) is 19.3. The Morgan fingerprint density at radius 2 is 1.79 bits per heavy atom. The second kappa shape index (κ2) is 11.0. The predicted octanol–water partition coefficient (Wildman–Crippen LogP) is 4.35. The zero-order valence-electron chi connectivity index (χ0n) is 19.3. The Kier molecular flexibility index (Phi) is 7.67. The van der Waals surface area contributed by atoms with Crippen LogP contribution in [0.3, 0.4) is 0 Å². The lowest BCUT2D eigenvalue weighted by atomic mass is 10.0. The summed E-state index contributed by atoms with van der Waals surface area (Å²) >= 11 is 0. The fourth-order valence-electron chi connectivity index (χ4n) is 4.33. The second-order valence-corrected chi connectivity index (χ2v) is 8.50. The predicted molar refractivity (Wildman–Crippen MR) is 125 cm³/mol. The molecule has 0 bridgehead atoms. The molecule has 8 heteroatoms. The minimum absolute atomic E-state index is 0.0424. The fourth-order valence-corrected chi connectivity index (χ4v) is 4.33. The van der Waals surface area contributed by atoms with Gasteiger partial charge in [0.25, 0.3) is 5.91 Å². The van der Waals surface area contributed by atoms with E-state index in [-0.39, 0.29) is 30.1 Å². The summed E-state index contributed by atoms with van der Waals surface area (Å²) in [5.41, 5.74) is 1.36. The van der Waals surface area contributed by atoms with Crippen molar-refractivity contribution in [2.75, 3.05) is 19.6 Å². The Morgan fingerprint density at radius 3 is 2.47 bits per heavy atom. The highest BCUT2D eigenvalue weighted by molar-refractivity contribution is 5.94. The Hall–Kier alpha value is -3.55. The van der Waals surface area contributed by atoms with E-state index >= 15 is 0 Å². The lowest BCUT2D eigenvalue weighted by Crippen LogP contribution is -2.49. The number of likely N-dealkylation sites (tertiary alicyclic amines) is 1. The normalized spacial score (nSPS) is 14.2. The molecule has 2 aromatic carbocycles. The van der Waals surface area contributed by atoms with Crippen LogP contribution in [0.25, 0.3) is 11.4 Å². The van der Waals surface area contributed by atoms with E-state index in [0.717, 1.165) is 19.3 Å². The van der Waals surface area contributed by atoms with Crippen molar-refractivity contribution < 1.29 is 18.5 Å². The minimum atomic E-state index is -0.329. The largest absolute Gasteiger partial charge is 0.340 e. The number of benzene rings is 2. The van der Waals surface area contributed by atoms with Gasteiger partial charge in [0.1, 0.15) is 5.82 Å². The molecule has 0 aliphatic carbocycles. The van der Waals surface area contributed by atoms with Gasteiger partial charge in [-0.2, -0.15) is 4.98 Å². The van der Waals surface area contributed by atoms with Gasteiger partial charge >= 0.3 is 0 Å². The van der Waals surface area contributed by atoms with Crippen LogP contribution in [0.2, 0.25) is 0 Å². The van der Waals surface area contributed by atoms with Crippen molar-refractivity contribution in [3.63, 3.8) is 0 Å². The van der Waals surface area contributed by atoms with E-state index in [0.29, 0.717) is 48.9 Å². The smallest absolute Gasteiger partial charge is 0.253 e. The van der Waals surface area contributed by atoms with Crippen molar-refractivity contribution >= 4 is 11.8 Å². The molecule has 3 aromatic rings. The number of carbonyl (C=O) groups excluding carboxylic acids is 2. The number of rotatable bonds is 8. The van der Waals surface area contributed by atoms with Crippen LogP contribution in [-0.2, 0) is 11.2 Å². The zero-order chi connectivity index (χ0) is 23.9. The van der Waals surface area contributed by atoms with Crippen molar-refractivity contribution in [2.24, 2.45) is 0 Å². The standard InChI is InChI=1S/C26H29FN4O3/c1-2-16-31(22-14-17-30(18-15-22)26(33)20-6-4-3-5-7-20)24(32)13-12-23-28-25(29-34-23)19-8-10-21(27)11-9-19/h3-11,22H,2,12-18H2,1H3. The maximum absolute atomic E-state index is 13.1. The molecular weight excluding hydrogens is 435 g/mol.